The highest BCUT2D eigenvalue weighted by Crippen LogP contribution is 2.31. The summed E-state index contributed by atoms with van der Waals surface area (Å²) in [5, 5.41) is -0.0774. The van der Waals surface area contributed by atoms with Crippen LogP contribution in [0.4, 0.5) is 5.69 Å². The molecular weight excluding hydrogens is 324 g/mol. The first kappa shape index (κ1) is 15.5. The van der Waals surface area contributed by atoms with Crippen LogP contribution in [-0.2, 0) is 19.6 Å². The Morgan fingerprint density at radius 3 is 2.18 bits per heavy atom. The number of anilines is 1. The predicted octanol–water partition coefficient (Wildman–Crippen LogP) is 1.42. The first-order valence-electron chi connectivity index (χ1n) is 7.00. The van der Waals surface area contributed by atoms with Crippen LogP contribution in [0.3, 0.4) is 0 Å². The lowest BCUT2D eigenvalue weighted by Gasteiger charge is -2.20. The molecule has 1 unspecified atom stereocenters. The van der Waals surface area contributed by atoms with Gasteiger partial charge in [0.05, 0.1) is 16.0 Å². The Morgan fingerprint density at radius 2 is 1.68 bits per heavy atom. The first-order chi connectivity index (χ1) is 10.4. The SMILES string of the molecule is CC1SCCN1S(=O)(=O)c1ccc(N2C(=O)CCC2=O)cc1. The van der Waals surface area contributed by atoms with E-state index >= 15 is 0 Å². The number of nitrogens with zero attached hydrogens (tertiary/aromatic N) is 2. The van der Waals surface area contributed by atoms with Gasteiger partial charge in [-0.05, 0) is 31.2 Å². The van der Waals surface area contributed by atoms with Crippen molar-refractivity contribution in [1.82, 2.24) is 4.31 Å². The number of amides is 2. The molecule has 6 nitrogen and oxygen atoms in total. The zero-order valence-corrected chi connectivity index (χ0v) is 13.7. The largest absolute Gasteiger partial charge is 0.274 e. The van der Waals surface area contributed by atoms with Gasteiger partial charge in [0.25, 0.3) is 0 Å². The zero-order valence-electron chi connectivity index (χ0n) is 12.1. The Bertz CT molecular complexity index is 699. The molecule has 1 aromatic carbocycles. The molecule has 2 heterocycles. The molecule has 2 aliphatic rings. The van der Waals surface area contributed by atoms with Crippen molar-refractivity contribution in [2.75, 3.05) is 17.2 Å². The van der Waals surface area contributed by atoms with Crippen molar-refractivity contribution in [1.29, 1.82) is 0 Å². The molecule has 3 rings (SSSR count). The van der Waals surface area contributed by atoms with Gasteiger partial charge in [0.15, 0.2) is 0 Å². The smallest absolute Gasteiger partial charge is 0.244 e. The van der Waals surface area contributed by atoms with Crippen LogP contribution >= 0.6 is 11.8 Å². The topological polar surface area (TPSA) is 74.8 Å². The van der Waals surface area contributed by atoms with Gasteiger partial charge in [0, 0.05) is 25.1 Å². The van der Waals surface area contributed by atoms with E-state index in [1.807, 2.05) is 6.92 Å². The van der Waals surface area contributed by atoms with Gasteiger partial charge in [-0.15, -0.1) is 11.8 Å². The van der Waals surface area contributed by atoms with Gasteiger partial charge < -0.3 is 0 Å². The minimum atomic E-state index is -3.53. The molecule has 0 saturated carbocycles. The second kappa shape index (κ2) is 5.68. The number of imide groups is 1. The van der Waals surface area contributed by atoms with Gasteiger partial charge >= 0.3 is 0 Å². The lowest BCUT2D eigenvalue weighted by molar-refractivity contribution is -0.121. The number of carbonyl (C=O) groups excluding carboxylic acids is 2. The summed E-state index contributed by atoms with van der Waals surface area (Å²) in [5.74, 6) is 0.297. The maximum atomic E-state index is 12.6. The third-order valence-corrected chi connectivity index (χ3v) is 7.10. The number of rotatable bonds is 3. The normalized spacial score (nSPS) is 23.5. The van der Waals surface area contributed by atoms with Crippen molar-refractivity contribution in [3.63, 3.8) is 0 Å². The number of sulfonamides is 1. The van der Waals surface area contributed by atoms with Crippen molar-refractivity contribution in [3.8, 4) is 0 Å². The molecule has 0 aromatic heterocycles. The molecule has 2 amide bonds. The molecule has 2 fully saturated rings. The molecule has 0 aliphatic carbocycles. The van der Waals surface area contributed by atoms with Gasteiger partial charge in [-0.2, -0.15) is 4.31 Å². The lowest BCUT2D eigenvalue weighted by Crippen LogP contribution is -2.33. The minimum Gasteiger partial charge on any atom is -0.274 e. The number of benzene rings is 1. The number of hydrogen-bond donors (Lipinski definition) is 0. The summed E-state index contributed by atoms with van der Waals surface area (Å²) < 4.78 is 26.6. The highest BCUT2D eigenvalue weighted by molar-refractivity contribution is 8.01. The van der Waals surface area contributed by atoms with E-state index in [4.69, 9.17) is 0 Å². The summed E-state index contributed by atoms with van der Waals surface area (Å²) in [4.78, 5) is 24.7. The van der Waals surface area contributed by atoms with E-state index in [1.54, 1.807) is 11.8 Å². The summed E-state index contributed by atoms with van der Waals surface area (Å²) in [6, 6.07) is 5.95. The average molecular weight is 340 g/mol. The predicted molar refractivity (Wildman–Crippen MR) is 84.0 cm³/mol. The Kier molecular flexibility index (Phi) is 4.00. The van der Waals surface area contributed by atoms with Crippen molar-refractivity contribution in [3.05, 3.63) is 24.3 Å². The molecule has 0 bridgehead atoms. The van der Waals surface area contributed by atoms with Crippen LogP contribution in [0.1, 0.15) is 19.8 Å². The van der Waals surface area contributed by atoms with Gasteiger partial charge in [-0.25, -0.2) is 8.42 Å². The summed E-state index contributed by atoms with van der Waals surface area (Å²) in [5.41, 5.74) is 0.426. The lowest BCUT2D eigenvalue weighted by atomic mass is 10.3. The van der Waals surface area contributed by atoms with Crippen LogP contribution in [0.25, 0.3) is 0 Å². The number of hydrogen-bond acceptors (Lipinski definition) is 5. The second-order valence-electron chi connectivity index (χ2n) is 5.20. The molecule has 22 heavy (non-hydrogen) atoms. The summed E-state index contributed by atoms with van der Waals surface area (Å²) in [7, 11) is -3.53. The molecule has 8 heteroatoms. The monoisotopic (exact) mass is 340 g/mol. The van der Waals surface area contributed by atoms with Gasteiger partial charge in [-0.1, -0.05) is 0 Å². The van der Waals surface area contributed by atoms with E-state index in [9.17, 15) is 18.0 Å². The van der Waals surface area contributed by atoms with Crippen molar-refractivity contribution in [2.45, 2.75) is 30.0 Å². The number of thioether (sulfide) groups is 1. The summed E-state index contributed by atoms with van der Waals surface area (Å²) >= 11 is 1.60. The molecule has 118 valence electrons. The van der Waals surface area contributed by atoms with Crippen molar-refractivity contribution in [2.24, 2.45) is 0 Å². The molecule has 0 radical (unpaired) electrons. The first-order valence-corrected chi connectivity index (χ1v) is 9.49. The molecular formula is C14H16N2O4S2. The zero-order chi connectivity index (χ0) is 15.9. The van der Waals surface area contributed by atoms with Crippen LogP contribution in [0, 0.1) is 0 Å². The fourth-order valence-electron chi connectivity index (χ4n) is 2.66. The molecule has 1 atom stereocenters. The maximum absolute atomic E-state index is 12.6. The summed E-state index contributed by atoms with van der Waals surface area (Å²) in [6.07, 6.45) is 0.419. The molecule has 0 N–H and O–H groups in total. The molecule has 0 spiro atoms. The molecule has 1 aromatic rings. The average Bonchev–Trinajstić information content (AvgIpc) is 3.06. The Balaban J connectivity index is 1.88. The maximum Gasteiger partial charge on any atom is 0.244 e. The van der Waals surface area contributed by atoms with Crippen LogP contribution in [0.2, 0.25) is 0 Å². The quantitative estimate of drug-likeness (QED) is 0.778. The van der Waals surface area contributed by atoms with E-state index in [1.165, 1.54) is 28.6 Å². The van der Waals surface area contributed by atoms with E-state index in [-0.39, 0.29) is 34.9 Å². The van der Waals surface area contributed by atoms with Gasteiger partial charge in [0.2, 0.25) is 21.8 Å². The fourth-order valence-corrected chi connectivity index (χ4v) is 5.69. The summed E-state index contributed by atoms with van der Waals surface area (Å²) in [6.45, 7) is 2.37. The van der Waals surface area contributed by atoms with Crippen LogP contribution in [-0.4, -0.2) is 42.2 Å². The third-order valence-electron chi connectivity index (χ3n) is 3.83. The number of carbonyl (C=O) groups is 2. The van der Waals surface area contributed by atoms with E-state index < -0.39 is 10.0 Å². The fraction of sp³-hybridized carbons (Fsp3) is 0.429. The van der Waals surface area contributed by atoms with Gasteiger partial charge in [-0.3, -0.25) is 14.5 Å². The van der Waals surface area contributed by atoms with E-state index in [0.717, 1.165) is 10.7 Å². The highest BCUT2D eigenvalue weighted by atomic mass is 32.2. The van der Waals surface area contributed by atoms with Crippen molar-refractivity contribution >= 4 is 39.3 Å². The Hall–Kier alpha value is -1.38. The standard InChI is InChI=1S/C14H16N2O4S2/c1-10-15(8-9-21-10)22(19,20)12-4-2-11(3-5-12)16-13(17)6-7-14(16)18/h2-5,10H,6-9H2,1H3. The Morgan fingerprint density at radius 1 is 1.09 bits per heavy atom. The molecule has 2 aliphatic heterocycles. The Labute approximate surface area is 133 Å². The second-order valence-corrected chi connectivity index (χ2v) is 8.52. The van der Waals surface area contributed by atoms with Crippen LogP contribution < -0.4 is 4.90 Å². The van der Waals surface area contributed by atoms with Crippen LogP contribution in [0.15, 0.2) is 29.2 Å². The highest BCUT2D eigenvalue weighted by Gasteiger charge is 2.34. The molecule has 2 saturated heterocycles. The third kappa shape index (κ3) is 2.55. The van der Waals surface area contributed by atoms with E-state index in [0.29, 0.717) is 12.2 Å². The van der Waals surface area contributed by atoms with Crippen molar-refractivity contribution < 1.29 is 18.0 Å². The van der Waals surface area contributed by atoms with Crippen LogP contribution in [0.5, 0.6) is 0 Å². The van der Waals surface area contributed by atoms with E-state index in [2.05, 4.69) is 0 Å². The minimum absolute atomic E-state index is 0.0774. The van der Waals surface area contributed by atoms with Gasteiger partial charge in [0.1, 0.15) is 0 Å².